The quantitative estimate of drug-likeness (QED) is 0.0667. The third kappa shape index (κ3) is 14.3. The Morgan fingerprint density at radius 1 is 0.516 bits per heavy atom. The van der Waals surface area contributed by atoms with E-state index in [0.717, 1.165) is 24.3 Å². The van der Waals surface area contributed by atoms with Crippen LogP contribution in [-0.4, -0.2) is 40.8 Å². The fraction of sp³-hybridized carbons (Fsp3) is 0.116. The first kappa shape index (κ1) is 49.3. The Balaban J connectivity index is 0.000000276. The summed E-state index contributed by atoms with van der Waals surface area (Å²) in [5.74, 6) is 1.13. The lowest BCUT2D eigenvalue weighted by Gasteiger charge is -2.12. The normalized spacial score (nSPS) is 10.8. The molecule has 13 nitrogen and oxygen atoms in total. The molecule has 334 valence electrons. The number of amides is 5. The number of nitrogens with zero attached hydrogens (tertiary/aromatic N) is 2. The Labute approximate surface area is 371 Å². The number of rotatable bonds is 10. The molecule has 0 aliphatic carbocycles. The smallest absolute Gasteiger partial charge is 0.417 e. The number of nitrogens with one attached hydrogen (secondary N) is 5. The summed E-state index contributed by atoms with van der Waals surface area (Å²) >= 11 is 11.1. The molecule has 6 rings (SSSR count). The lowest BCUT2D eigenvalue weighted by atomic mass is 10.2. The number of ketones is 1. The predicted octanol–water partition coefficient (Wildman–Crippen LogP) is 12.6. The summed E-state index contributed by atoms with van der Waals surface area (Å²) in [7, 11) is 1.49. The fourth-order valence-corrected chi connectivity index (χ4v) is 5.56. The zero-order valence-electron chi connectivity index (χ0n) is 32.4. The molecule has 5 N–H and O–H groups in total. The van der Waals surface area contributed by atoms with E-state index in [4.69, 9.17) is 32.7 Å². The molecule has 0 bridgehead atoms. The van der Waals surface area contributed by atoms with E-state index in [1.54, 1.807) is 60.7 Å². The van der Waals surface area contributed by atoms with E-state index in [2.05, 4.69) is 36.6 Å². The van der Waals surface area contributed by atoms with Crippen LogP contribution < -0.4 is 36.1 Å². The molecular formula is C43H35Cl2F6N7O6. The van der Waals surface area contributed by atoms with Crippen LogP contribution in [-0.2, 0) is 12.4 Å². The van der Waals surface area contributed by atoms with Crippen LogP contribution >= 0.6 is 23.2 Å². The maximum Gasteiger partial charge on any atom is 0.417 e. The number of hydrogen-bond donors (Lipinski definition) is 5. The molecule has 0 saturated carbocycles. The summed E-state index contributed by atoms with van der Waals surface area (Å²) in [4.78, 5) is 55.1. The molecule has 0 spiro atoms. The predicted molar refractivity (Wildman–Crippen MR) is 230 cm³/mol. The van der Waals surface area contributed by atoms with Crippen LogP contribution in [0.15, 0.2) is 122 Å². The second-order valence-corrected chi connectivity index (χ2v) is 13.5. The van der Waals surface area contributed by atoms with Crippen molar-refractivity contribution in [3.05, 3.63) is 154 Å². The molecule has 5 amide bonds. The highest BCUT2D eigenvalue weighted by Gasteiger charge is 2.34. The number of pyridine rings is 2. The summed E-state index contributed by atoms with van der Waals surface area (Å²) < 4.78 is 88.9. The first-order valence-corrected chi connectivity index (χ1v) is 18.6. The minimum Gasteiger partial charge on any atom is -0.457 e. The Hall–Kier alpha value is -7.38. The number of halogens is 8. The van der Waals surface area contributed by atoms with Gasteiger partial charge in [0.1, 0.15) is 34.4 Å². The van der Waals surface area contributed by atoms with Crippen LogP contribution in [0.4, 0.5) is 58.7 Å². The van der Waals surface area contributed by atoms with Crippen molar-refractivity contribution in [2.24, 2.45) is 0 Å². The zero-order valence-corrected chi connectivity index (χ0v) is 33.9. The second-order valence-electron chi connectivity index (χ2n) is 12.7. The molecule has 0 saturated heterocycles. The number of carbonyl (C=O) groups is 4. The molecule has 0 aliphatic rings. The second kappa shape index (κ2) is 21.6. The van der Waals surface area contributed by atoms with Gasteiger partial charge in [0.25, 0.3) is 5.91 Å². The number of alkyl halides is 6. The molecule has 2 aromatic heterocycles. The van der Waals surface area contributed by atoms with Gasteiger partial charge in [-0.1, -0.05) is 30.6 Å². The van der Waals surface area contributed by atoms with Crippen LogP contribution in [0.1, 0.15) is 46.5 Å². The number of anilines is 4. The van der Waals surface area contributed by atoms with Crippen molar-refractivity contribution in [2.75, 3.05) is 28.3 Å². The highest BCUT2D eigenvalue weighted by Crippen LogP contribution is 2.37. The summed E-state index contributed by atoms with van der Waals surface area (Å²) in [6.45, 7) is 1.39. The lowest BCUT2D eigenvalue weighted by molar-refractivity contribution is -0.138. The Kier molecular flexibility index (Phi) is 16.6. The van der Waals surface area contributed by atoms with Crippen LogP contribution in [0.3, 0.4) is 0 Å². The van der Waals surface area contributed by atoms with Gasteiger partial charge >= 0.3 is 24.4 Å². The molecule has 0 atom stereocenters. The molecule has 4 aromatic carbocycles. The van der Waals surface area contributed by atoms with E-state index < -0.39 is 45.6 Å². The SMILES string of the molecule is C.CC(=O)c1cc(Oc2ccc(NC(=O)Nc3ccc(Cl)c(C(F)(F)F)c3)cc2)ccn1.CNC(=O)c1cc(Oc2ccc(NC(=O)Nc3ccc(Cl)c(C(F)(F)F)c3)cc2)ccn1. The monoisotopic (exact) mass is 929 g/mol. The molecule has 64 heavy (non-hydrogen) atoms. The summed E-state index contributed by atoms with van der Waals surface area (Å²) in [5.41, 5.74) is -1.00. The van der Waals surface area contributed by atoms with E-state index >= 15 is 0 Å². The lowest BCUT2D eigenvalue weighted by Crippen LogP contribution is -2.19. The van der Waals surface area contributed by atoms with E-state index in [-0.39, 0.29) is 41.9 Å². The van der Waals surface area contributed by atoms with Gasteiger partial charge in [0, 0.05) is 61.2 Å². The molecule has 0 fully saturated rings. The Morgan fingerprint density at radius 3 is 1.25 bits per heavy atom. The fourth-order valence-electron chi connectivity index (χ4n) is 5.11. The van der Waals surface area contributed by atoms with Crippen molar-refractivity contribution in [1.82, 2.24) is 15.3 Å². The topological polar surface area (TPSA) is 173 Å². The van der Waals surface area contributed by atoms with Gasteiger partial charge in [0.05, 0.1) is 21.2 Å². The van der Waals surface area contributed by atoms with Crippen LogP contribution in [0.5, 0.6) is 23.0 Å². The van der Waals surface area contributed by atoms with E-state index in [1.807, 2.05) is 0 Å². The third-order valence-electron chi connectivity index (χ3n) is 8.04. The summed E-state index contributed by atoms with van der Waals surface area (Å²) in [6.07, 6.45) is -6.40. The molecule has 2 heterocycles. The summed E-state index contributed by atoms with van der Waals surface area (Å²) in [6, 6.07) is 23.3. The highest BCUT2D eigenvalue weighted by molar-refractivity contribution is 6.32. The number of ether oxygens (including phenoxy) is 2. The van der Waals surface area contributed by atoms with Crippen LogP contribution in [0, 0.1) is 0 Å². The molecule has 0 unspecified atom stereocenters. The van der Waals surface area contributed by atoms with Gasteiger partial charge in [0.15, 0.2) is 5.78 Å². The number of urea groups is 2. The van der Waals surface area contributed by atoms with Crippen molar-refractivity contribution in [1.29, 1.82) is 0 Å². The van der Waals surface area contributed by atoms with Crippen molar-refractivity contribution in [3.8, 4) is 23.0 Å². The van der Waals surface area contributed by atoms with E-state index in [0.29, 0.717) is 34.4 Å². The summed E-state index contributed by atoms with van der Waals surface area (Å²) in [5, 5.41) is 11.2. The average molecular weight is 931 g/mol. The molecule has 21 heteroatoms. The van der Waals surface area contributed by atoms with Crippen molar-refractivity contribution < 1.29 is 55.0 Å². The Bertz CT molecular complexity index is 2620. The number of aromatic nitrogens is 2. The van der Waals surface area contributed by atoms with Gasteiger partial charge in [-0.05, 0) is 97.1 Å². The third-order valence-corrected chi connectivity index (χ3v) is 8.70. The van der Waals surface area contributed by atoms with E-state index in [9.17, 15) is 45.5 Å². The Morgan fingerprint density at radius 2 is 0.875 bits per heavy atom. The number of Topliss-reactive ketones (excluding diaryl/α,β-unsaturated/α-hetero) is 1. The van der Waals surface area contributed by atoms with Crippen molar-refractivity contribution >= 4 is 69.7 Å². The molecule has 0 radical (unpaired) electrons. The standard InChI is InChI=1S/C21H16ClF3N4O3.C21H15ClF3N3O3.CH4/c1-26-19(30)18-11-15(8-9-27-18)32-14-5-2-12(3-6-14)28-20(31)29-13-4-7-17(22)16(10-13)21(23,24)25;1-12(29)19-11-16(8-9-26-19)31-15-5-2-13(3-6-15)27-20(30)28-14-4-7-18(22)17(10-14)21(23,24)25;/h2-11H,1H3,(H,26,30)(H2,28,29,31);2-11H,1H3,(H2,27,28,30);1H4. The van der Waals surface area contributed by atoms with E-state index in [1.165, 1.54) is 50.6 Å². The minimum absolute atomic E-state index is 0. The largest absolute Gasteiger partial charge is 0.457 e. The van der Waals surface area contributed by atoms with Crippen LogP contribution in [0.2, 0.25) is 10.0 Å². The zero-order chi connectivity index (χ0) is 45.9. The number of carbonyl (C=O) groups excluding carboxylic acids is 4. The maximum atomic E-state index is 12.9. The van der Waals surface area contributed by atoms with Gasteiger partial charge in [-0.3, -0.25) is 19.6 Å². The van der Waals surface area contributed by atoms with Crippen molar-refractivity contribution in [2.45, 2.75) is 26.7 Å². The highest BCUT2D eigenvalue weighted by atomic mass is 35.5. The minimum atomic E-state index is -4.64. The first-order valence-electron chi connectivity index (χ1n) is 17.9. The average Bonchev–Trinajstić information content (AvgIpc) is 3.23. The van der Waals surface area contributed by atoms with Gasteiger partial charge in [-0.15, -0.1) is 0 Å². The number of hydrogen-bond acceptors (Lipinski definition) is 8. The van der Waals surface area contributed by atoms with Gasteiger partial charge < -0.3 is 36.1 Å². The number of benzene rings is 4. The first-order chi connectivity index (χ1) is 29.8. The molecule has 6 aromatic rings. The van der Waals surface area contributed by atoms with Gasteiger partial charge in [-0.25, -0.2) is 9.59 Å². The molecular weight excluding hydrogens is 895 g/mol. The molecule has 0 aliphatic heterocycles. The van der Waals surface area contributed by atoms with Crippen LogP contribution in [0.25, 0.3) is 0 Å². The maximum absolute atomic E-state index is 12.9. The van der Waals surface area contributed by atoms with Gasteiger partial charge in [0.2, 0.25) is 0 Å². The van der Waals surface area contributed by atoms with Gasteiger partial charge in [-0.2, -0.15) is 26.3 Å². The van der Waals surface area contributed by atoms with Crippen molar-refractivity contribution in [3.63, 3.8) is 0 Å².